The highest BCUT2D eigenvalue weighted by molar-refractivity contribution is 7.90. The Bertz CT molecular complexity index is 1160. The van der Waals surface area contributed by atoms with Gasteiger partial charge in [-0.3, -0.25) is 9.79 Å². The summed E-state index contributed by atoms with van der Waals surface area (Å²) >= 11 is 0. The topological polar surface area (TPSA) is 63.6 Å². The van der Waals surface area contributed by atoms with Crippen LogP contribution in [0, 0.1) is 6.92 Å². The van der Waals surface area contributed by atoms with Crippen LogP contribution >= 0.6 is 0 Å². The number of rotatable bonds is 5. The molecule has 4 nitrogen and oxygen atoms in total. The van der Waals surface area contributed by atoms with Crippen molar-refractivity contribution in [3.8, 4) is 0 Å². The number of benzene rings is 3. The van der Waals surface area contributed by atoms with Crippen molar-refractivity contribution in [2.75, 3.05) is 13.3 Å². The average molecular weight is 434 g/mol. The molecule has 160 valence electrons. The summed E-state index contributed by atoms with van der Waals surface area (Å²) in [4.78, 5) is 16.5. The molecule has 31 heavy (non-hydrogen) atoms. The van der Waals surface area contributed by atoms with Gasteiger partial charge in [0.2, 0.25) is 0 Å². The van der Waals surface area contributed by atoms with Gasteiger partial charge in [-0.25, -0.2) is 8.42 Å². The zero-order chi connectivity index (χ0) is 22.9. The van der Waals surface area contributed by atoms with Gasteiger partial charge in [0.15, 0.2) is 15.6 Å². The quantitative estimate of drug-likeness (QED) is 0.312. The minimum Gasteiger partial charge on any atom is -0.296 e. The van der Waals surface area contributed by atoms with Crippen LogP contribution in [0.1, 0.15) is 23.6 Å². The van der Waals surface area contributed by atoms with Gasteiger partial charge in [-0.1, -0.05) is 78.4 Å². The highest BCUT2D eigenvalue weighted by atomic mass is 32.2. The van der Waals surface area contributed by atoms with Crippen LogP contribution in [0.2, 0.25) is 0 Å². The first kappa shape index (κ1) is 24.0. The molecular weight excluding hydrogens is 406 g/mol. The largest absolute Gasteiger partial charge is 0.296 e. The minimum absolute atomic E-state index is 0.0803. The zero-order valence-electron chi connectivity index (χ0n) is 18.2. The number of carbonyl (C=O) groups excluding carboxylic acids is 1. The fourth-order valence-corrected chi connectivity index (χ4v) is 3.61. The Kier molecular flexibility index (Phi) is 8.64. The van der Waals surface area contributed by atoms with Crippen molar-refractivity contribution >= 4 is 33.0 Å². The summed E-state index contributed by atoms with van der Waals surface area (Å²) < 4.78 is 23.2. The van der Waals surface area contributed by atoms with Crippen LogP contribution < -0.4 is 0 Å². The second-order valence-electron chi connectivity index (χ2n) is 7.05. The molecule has 0 spiro atoms. The van der Waals surface area contributed by atoms with Crippen LogP contribution in [-0.4, -0.2) is 33.7 Å². The molecule has 3 rings (SSSR count). The van der Waals surface area contributed by atoms with E-state index in [0.29, 0.717) is 11.1 Å². The third-order valence-corrected chi connectivity index (χ3v) is 5.60. The zero-order valence-corrected chi connectivity index (χ0v) is 19.1. The van der Waals surface area contributed by atoms with E-state index in [0.717, 1.165) is 17.4 Å². The van der Waals surface area contributed by atoms with Crippen molar-refractivity contribution in [1.29, 1.82) is 0 Å². The summed E-state index contributed by atoms with van der Waals surface area (Å²) in [6.45, 7) is 3.59. The smallest absolute Gasteiger partial charge is 0.175 e. The number of aliphatic imine (C=N–C) groups is 1. The summed E-state index contributed by atoms with van der Waals surface area (Å²) in [5.41, 5.74) is 4.07. The maximum atomic E-state index is 12.2. The van der Waals surface area contributed by atoms with E-state index < -0.39 is 9.84 Å². The predicted octanol–water partition coefficient (Wildman–Crippen LogP) is 5.29. The summed E-state index contributed by atoms with van der Waals surface area (Å²) in [7, 11) is -1.63. The molecule has 0 aromatic heterocycles. The first-order chi connectivity index (χ1) is 14.7. The van der Waals surface area contributed by atoms with E-state index in [1.165, 1.54) is 24.6 Å². The highest BCUT2D eigenvalue weighted by Gasteiger charge is 2.15. The average Bonchev–Trinajstić information content (AvgIpc) is 2.74. The van der Waals surface area contributed by atoms with Gasteiger partial charge in [-0.2, -0.15) is 0 Å². The Balaban J connectivity index is 0.000000412. The molecule has 0 aliphatic rings. The molecule has 0 bridgehead atoms. The number of hydrogen-bond donors (Lipinski definition) is 0. The minimum atomic E-state index is -3.26. The molecule has 0 unspecified atom stereocenters. The molecule has 0 N–H and O–H groups in total. The third-order valence-electron chi connectivity index (χ3n) is 4.48. The van der Waals surface area contributed by atoms with Gasteiger partial charge >= 0.3 is 0 Å². The molecule has 3 aromatic rings. The van der Waals surface area contributed by atoms with E-state index >= 15 is 0 Å². The normalized spacial score (nSPS) is 12.0. The van der Waals surface area contributed by atoms with E-state index in [1.54, 1.807) is 25.4 Å². The van der Waals surface area contributed by atoms with E-state index in [1.807, 2.05) is 48.5 Å². The number of sulfone groups is 1. The number of nitrogens with zero attached hydrogens (tertiary/aromatic N) is 1. The van der Waals surface area contributed by atoms with Crippen molar-refractivity contribution < 1.29 is 13.2 Å². The maximum absolute atomic E-state index is 12.2. The van der Waals surface area contributed by atoms with Crippen molar-refractivity contribution in [2.24, 2.45) is 4.99 Å². The Morgan fingerprint density at radius 2 is 1.32 bits per heavy atom. The van der Waals surface area contributed by atoms with E-state index in [2.05, 4.69) is 24.0 Å². The molecule has 0 saturated heterocycles. The number of ketones is 1. The number of allylic oxidation sites excluding steroid dienone is 2. The molecule has 0 radical (unpaired) electrons. The van der Waals surface area contributed by atoms with E-state index in [-0.39, 0.29) is 10.7 Å². The lowest BCUT2D eigenvalue weighted by Gasteiger charge is -2.11. The molecule has 0 amide bonds. The number of aryl methyl sites for hydroxylation is 1. The molecule has 0 fully saturated rings. The molecule has 0 saturated carbocycles. The fraction of sp³-hybridized carbons (Fsp3) is 0.154. The van der Waals surface area contributed by atoms with Gasteiger partial charge in [0.1, 0.15) is 0 Å². The van der Waals surface area contributed by atoms with Crippen molar-refractivity contribution in [3.05, 3.63) is 102 Å². The van der Waals surface area contributed by atoms with Gasteiger partial charge in [-0.05, 0) is 37.1 Å². The number of hydrogen-bond acceptors (Lipinski definition) is 4. The van der Waals surface area contributed by atoms with Crippen LogP contribution in [0.3, 0.4) is 0 Å². The molecule has 5 heteroatoms. The van der Waals surface area contributed by atoms with Crippen LogP contribution in [0.15, 0.2) is 94.8 Å². The first-order valence-corrected chi connectivity index (χ1v) is 11.7. The van der Waals surface area contributed by atoms with Gasteiger partial charge in [0, 0.05) is 30.7 Å². The molecule has 0 aliphatic heterocycles. The SMILES string of the molecule is CN=C/C(=C(\C(C)=O)c1ccccc1)c1ccc(S(C)(=O)=O)cc1.Cc1ccccc1. The lowest BCUT2D eigenvalue weighted by Crippen LogP contribution is -2.03. The van der Waals surface area contributed by atoms with E-state index in [9.17, 15) is 13.2 Å². The summed E-state index contributed by atoms with van der Waals surface area (Å²) in [5, 5.41) is 0. The standard InChI is InChI=1S/C19H19NO3S.C7H8/c1-14(21)19(16-7-5-4-6-8-16)18(13-20-2)15-9-11-17(12-10-15)24(3,22)23;1-7-5-3-2-4-6-7/h4-13H,1-3H3;2-6H,1H3/b19-18-,20-13?;. The summed E-state index contributed by atoms with van der Waals surface area (Å²) in [6, 6.07) is 26.1. The number of Topliss-reactive ketones (excluding diaryl/α,β-unsaturated/α-hetero) is 1. The van der Waals surface area contributed by atoms with Gasteiger partial charge in [0.25, 0.3) is 0 Å². The maximum Gasteiger partial charge on any atom is 0.175 e. The summed E-state index contributed by atoms with van der Waals surface area (Å²) in [5.74, 6) is -0.0803. The van der Waals surface area contributed by atoms with Crippen LogP contribution in [-0.2, 0) is 14.6 Å². The Labute approximate surface area is 184 Å². The summed E-state index contributed by atoms with van der Waals surface area (Å²) in [6.07, 6.45) is 2.79. The Hall–Kier alpha value is -3.31. The monoisotopic (exact) mass is 433 g/mol. The predicted molar refractivity (Wildman–Crippen MR) is 129 cm³/mol. The highest BCUT2D eigenvalue weighted by Crippen LogP contribution is 2.27. The second-order valence-corrected chi connectivity index (χ2v) is 9.07. The third kappa shape index (κ3) is 7.15. The Morgan fingerprint density at radius 3 is 1.71 bits per heavy atom. The van der Waals surface area contributed by atoms with Crippen LogP contribution in [0.4, 0.5) is 0 Å². The van der Waals surface area contributed by atoms with Gasteiger partial charge in [-0.15, -0.1) is 0 Å². The molecule has 0 aliphatic carbocycles. The van der Waals surface area contributed by atoms with Crippen molar-refractivity contribution in [3.63, 3.8) is 0 Å². The molecule has 3 aromatic carbocycles. The molecule has 0 heterocycles. The lowest BCUT2D eigenvalue weighted by molar-refractivity contribution is -0.111. The molecular formula is C26H27NO3S. The van der Waals surface area contributed by atoms with Crippen LogP contribution in [0.5, 0.6) is 0 Å². The first-order valence-electron chi connectivity index (χ1n) is 9.79. The van der Waals surface area contributed by atoms with Crippen molar-refractivity contribution in [2.45, 2.75) is 18.7 Å². The Morgan fingerprint density at radius 1 is 0.806 bits per heavy atom. The van der Waals surface area contributed by atoms with E-state index in [4.69, 9.17) is 0 Å². The van der Waals surface area contributed by atoms with Gasteiger partial charge < -0.3 is 0 Å². The van der Waals surface area contributed by atoms with Crippen molar-refractivity contribution in [1.82, 2.24) is 0 Å². The lowest BCUT2D eigenvalue weighted by atomic mass is 9.93. The number of carbonyl (C=O) groups is 1. The fourth-order valence-electron chi connectivity index (χ4n) is 2.98. The molecule has 0 atom stereocenters. The van der Waals surface area contributed by atoms with Gasteiger partial charge in [0.05, 0.1) is 4.90 Å². The van der Waals surface area contributed by atoms with Crippen LogP contribution in [0.25, 0.3) is 11.1 Å². The second kappa shape index (κ2) is 11.2.